The molecule has 0 rings (SSSR count). The van der Waals surface area contributed by atoms with E-state index in [4.69, 9.17) is 18.9 Å². The normalized spacial score (nSPS) is 13.3. The van der Waals surface area contributed by atoms with Crippen LogP contribution in [0.5, 0.6) is 0 Å². The Labute approximate surface area is 474 Å². The maximum atomic E-state index is 12.9. The minimum Gasteiger partial charge on any atom is -0.477 e. The average molecular weight is 1080 g/mol. The van der Waals surface area contributed by atoms with Crippen molar-refractivity contribution in [2.45, 2.75) is 283 Å². The highest BCUT2D eigenvalue weighted by atomic mass is 16.7. The van der Waals surface area contributed by atoms with Gasteiger partial charge in [-0.3, -0.25) is 9.59 Å². The number of ether oxygens (including phenoxy) is 4. The lowest BCUT2D eigenvalue weighted by atomic mass is 10.0. The molecule has 444 valence electrons. The number of esters is 2. The highest BCUT2D eigenvalue weighted by Gasteiger charge is 2.25. The molecular weight excluding hydrogens is 959 g/mol. The fourth-order valence-electron chi connectivity index (χ4n) is 8.78. The first-order valence-corrected chi connectivity index (χ1v) is 31.8. The molecule has 77 heavy (non-hydrogen) atoms. The van der Waals surface area contributed by atoms with Crippen LogP contribution in [0.15, 0.2) is 85.1 Å². The highest BCUT2D eigenvalue weighted by molar-refractivity contribution is 5.71. The van der Waals surface area contributed by atoms with Crippen molar-refractivity contribution in [3.63, 3.8) is 0 Å². The molecule has 9 heteroatoms. The van der Waals surface area contributed by atoms with Crippen molar-refractivity contribution in [1.29, 1.82) is 0 Å². The van der Waals surface area contributed by atoms with E-state index in [1.807, 2.05) is 21.1 Å². The first-order valence-electron chi connectivity index (χ1n) is 31.8. The maximum absolute atomic E-state index is 12.9. The van der Waals surface area contributed by atoms with Crippen LogP contribution >= 0.6 is 0 Å². The van der Waals surface area contributed by atoms with Crippen molar-refractivity contribution in [3.05, 3.63) is 85.1 Å². The monoisotopic (exact) mass is 1080 g/mol. The molecule has 0 aliphatic heterocycles. The minimum absolute atomic E-state index is 0.178. The Morgan fingerprint density at radius 3 is 1.12 bits per heavy atom. The van der Waals surface area contributed by atoms with Crippen molar-refractivity contribution >= 4 is 17.9 Å². The number of quaternary nitrogens is 1. The molecule has 0 aliphatic rings. The van der Waals surface area contributed by atoms with Gasteiger partial charge in [0.05, 0.1) is 34.4 Å². The number of carbonyl (C=O) groups is 3. The summed E-state index contributed by atoms with van der Waals surface area (Å²) < 4.78 is 22.9. The van der Waals surface area contributed by atoms with Gasteiger partial charge in [-0.25, -0.2) is 4.79 Å². The fourth-order valence-corrected chi connectivity index (χ4v) is 8.78. The molecule has 2 unspecified atom stereocenters. The second-order valence-corrected chi connectivity index (χ2v) is 22.3. The summed E-state index contributed by atoms with van der Waals surface area (Å²) in [7, 11) is 5.96. The predicted molar refractivity (Wildman–Crippen MR) is 327 cm³/mol. The quantitative estimate of drug-likeness (QED) is 0.0211. The van der Waals surface area contributed by atoms with Crippen LogP contribution in [0, 0.1) is 0 Å². The third kappa shape index (κ3) is 60.0. The van der Waals surface area contributed by atoms with Gasteiger partial charge in [-0.05, 0) is 89.9 Å². The molecule has 0 saturated carbocycles. The lowest BCUT2D eigenvalue weighted by Crippen LogP contribution is -2.40. The van der Waals surface area contributed by atoms with Gasteiger partial charge < -0.3 is 28.5 Å². The minimum atomic E-state index is -1.52. The van der Waals surface area contributed by atoms with Gasteiger partial charge in [0.15, 0.2) is 6.10 Å². The van der Waals surface area contributed by atoms with Crippen molar-refractivity contribution in [3.8, 4) is 0 Å². The van der Waals surface area contributed by atoms with E-state index in [1.54, 1.807) is 0 Å². The number of rotatable bonds is 58. The van der Waals surface area contributed by atoms with Gasteiger partial charge in [0.1, 0.15) is 13.2 Å². The van der Waals surface area contributed by atoms with Crippen LogP contribution in [0.3, 0.4) is 0 Å². The molecule has 0 aromatic carbocycles. The second-order valence-electron chi connectivity index (χ2n) is 22.3. The third-order valence-electron chi connectivity index (χ3n) is 13.6. The molecule has 0 aromatic rings. The fraction of sp³-hybridized carbons (Fsp3) is 0.750. The zero-order valence-corrected chi connectivity index (χ0v) is 50.6. The van der Waals surface area contributed by atoms with Crippen LogP contribution in [-0.2, 0) is 33.3 Å². The number of allylic oxidation sites excluding steroid dienone is 14. The number of carboxylic acid groups (broad SMARTS) is 1. The maximum Gasteiger partial charge on any atom is 0.361 e. The zero-order chi connectivity index (χ0) is 56.2. The summed E-state index contributed by atoms with van der Waals surface area (Å²) >= 11 is 0. The predicted octanol–water partition coefficient (Wildman–Crippen LogP) is 19.1. The first-order chi connectivity index (χ1) is 37.6. The number of aliphatic carboxylic acids is 1. The van der Waals surface area contributed by atoms with Crippen molar-refractivity contribution in [2.24, 2.45) is 0 Å². The molecule has 0 heterocycles. The van der Waals surface area contributed by atoms with Crippen LogP contribution in [0.2, 0.25) is 0 Å². The van der Waals surface area contributed by atoms with Gasteiger partial charge in [0.2, 0.25) is 0 Å². The molecule has 9 nitrogen and oxygen atoms in total. The van der Waals surface area contributed by atoms with Gasteiger partial charge in [0, 0.05) is 12.8 Å². The lowest BCUT2D eigenvalue weighted by Gasteiger charge is -2.25. The summed E-state index contributed by atoms with van der Waals surface area (Å²) in [6, 6.07) is 0. The first kappa shape index (κ1) is 73.5. The molecule has 0 aromatic heterocycles. The Balaban J connectivity index is 4.12. The van der Waals surface area contributed by atoms with Crippen LogP contribution in [-0.4, -0.2) is 87.4 Å². The Bertz CT molecular complexity index is 1540. The second kappa shape index (κ2) is 58.6. The number of likely N-dealkylation sites (N-methyl/N-ethyl adjacent to an activating group) is 1. The summed E-state index contributed by atoms with van der Waals surface area (Å²) in [6.45, 7) is 4.73. The smallest absolute Gasteiger partial charge is 0.361 e. The molecule has 0 aliphatic carbocycles. The van der Waals surface area contributed by atoms with E-state index in [2.05, 4.69) is 98.9 Å². The van der Waals surface area contributed by atoms with Gasteiger partial charge in [-0.15, -0.1) is 0 Å². The molecule has 0 saturated heterocycles. The Kier molecular flexibility index (Phi) is 55.9. The summed E-state index contributed by atoms with van der Waals surface area (Å²) in [5.74, 6) is -2.05. The average Bonchev–Trinajstić information content (AvgIpc) is 3.40. The SMILES string of the molecule is CC/C=C\C/C=C\C/C=C\C/C=C\C/C=C\CCCCCC(=O)OC(COC(=O)CCCCCCCCCCCCCCCCCCCCCCC/C=C\C/C=C\CCCCCCC)COC(OCC[N+](C)(C)C)C(=O)O. The Hall–Kier alpha value is -3.53. The van der Waals surface area contributed by atoms with Gasteiger partial charge in [0.25, 0.3) is 6.29 Å². The largest absolute Gasteiger partial charge is 0.477 e. The summed E-state index contributed by atoms with van der Waals surface area (Å²) in [5.41, 5.74) is 0. The van der Waals surface area contributed by atoms with Crippen LogP contribution in [0.25, 0.3) is 0 Å². The van der Waals surface area contributed by atoms with Gasteiger partial charge in [-0.2, -0.15) is 0 Å². The van der Waals surface area contributed by atoms with Crippen LogP contribution in [0.4, 0.5) is 0 Å². The van der Waals surface area contributed by atoms with Crippen LogP contribution < -0.4 is 0 Å². The van der Waals surface area contributed by atoms with E-state index in [-0.39, 0.29) is 32.2 Å². The molecular formula is C68H120NO8+. The van der Waals surface area contributed by atoms with E-state index in [9.17, 15) is 19.5 Å². The molecule has 0 spiro atoms. The van der Waals surface area contributed by atoms with E-state index in [1.165, 1.54) is 161 Å². The van der Waals surface area contributed by atoms with E-state index < -0.39 is 24.3 Å². The summed E-state index contributed by atoms with van der Waals surface area (Å²) in [5, 5.41) is 9.71. The summed E-state index contributed by atoms with van der Waals surface area (Å²) in [4.78, 5) is 37.5. The molecule has 1 N–H and O–H groups in total. The van der Waals surface area contributed by atoms with Crippen molar-refractivity contribution in [1.82, 2.24) is 0 Å². The van der Waals surface area contributed by atoms with E-state index in [0.29, 0.717) is 23.9 Å². The van der Waals surface area contributed by atoms with Crippen molar-refractivity contribution in [2.75, 3.05) is 47.5 Å². The topological polar surface area (TPSA) is 108 Å². The zero-order valence-electron chi connectivity index (χ0n) is 50.6. The van der Waals surface area contributed by atoms with E-state index in [0.717, 1.165) is 77.0 Å². The van der Waals surface area contributed by atoms with Crippen molar-refractivity contribution < 1.29 is 42.9 Å². The van der Waals surface area contributed by atoms with Gasteiger partial charge in [-0.1, -0.05) is 253 Å². The molecule has 0 radical (unpaired) electrons. The van der Waals surface area contributed by atoms with Gasteiger partial charge >= 0.3 is 17.9 Å². The Morgan fingerprint density at radius 2 is 0.740 bits per heavy atom. The number of hydrogen-bond acceptors (Lipinski definition) is 7. The molecule has 0 fully saturated rings. The molecule has 0 bridgehead atoms. The molecule has 2 atom stereocenters. The van der Waals surface area contributed by atoms with Crippen LogP contribution in [0.1, 0.15) is 271 Å². The number of carboxylic acids is 1. The lowest BCUT2D eigenvalue weighted by molar-refractivity contribution is -0.870. The Morgan fingerprint density at radius 1 is 0.403 bits per heavy atom. The standard InChI is InChI=1S/C68H119NO8/c1-6-8-10-12-14-16-18-20-22-24-26-27-28-29-30-31-32-33-34-35-36-37-38-39-41-42-44-46-48-50-52-54-56-58-65(70)75-62-64(63-76-68(67(72)73)74-61-60-69(3,4)5)77-66(71)59-57-55-53-51-49-47-45-43-40-25-23-21-19-17-15-13-11-9-7-2/h9,11,15,17-18,20-21,23-24,26,40,43,47,49,64,68H,6-8,10,12-14,16,19,22,25,27-39,41-42,44-46,48,50-63H2,1-5H3/p+1/b11-9-,17-15-,20-18-,23-21-,26-24-,43-40-,49-47-. The third-order valence-corrected chi connectivity index (χ3v) is 13.6. The number of unbranched alkanes of at least 4 members (excludes halogenated alkanes) is 29. The summed E-state index contributed by atoms with van der Waals surface area (Å²) in [6.07, 6.45) is 75.5. The van der Waals surface area contributed by atoms with E-state index >= 15 is 0 Å². The number of nitrogens with zero attached hydrogens (tertiary/aromatic N) is 1. The number of carbonyl (C=O) groups excluding carboxylic acids is 2. The molecule has 0 amide bonds. The number of hydrogen-bond donors (Lipinski definition) is 1. The highest BCUT2D eigenvalue weighted by Crippen LogP contribution is 2.17.